The number of thiol groups is 2. The van der Waals surface area contributed by atoms with Gasteiger partial charge < -0.3 is 63.8 Å². The fourth-order valence-corrected chi connectivity index (χ4v) is 4.99. The van der Waals surface area contributed by atoms with Crippen LogP contribution < -0.4 is 43.4 Å². The van der Waals surface area contributed by atoms with E-state index in [1.54, 1.807) is 13.8 Å². The molecule has 0 rings (SSSR count). The maximum absolute atomic E-state index is 13.4. The number of hydrogen-bond acceptors (Lipinski definition) is 14. The van der Waals surface area contributed by atoms with Crippen LogP contribution in [0.2, 0.25) is 0 Å². The number of carboxylic acid groups (broad SMARTS) is 4. The van der Waals surface area contributed by atoms with Crippen molar-refractivity contribution in [1.82, 2.24) is 31.9 Å². The molecule has 0 spiro atoms. The molecule has 7 amide bonds. The zero-order valence-corrected chi connectivity index (χ0v) is 31.6. The SMILES string of the molecule is CC(C)C[C@H](NC(=O)[C@H](CCC(=O)O)NC(=O)[C@H](CS)NC(=O)[C@H](CCC(=O)O)NC(=O)[C@H](CC(=O)O)NC(=O)[C@@H](N)CC(N)=O)C(=O)N[C@@H](CS)C(=O)O. The van der Waals surface area contributed by atoms with Gasteiger partial charge in [-0.15, -0.1) is 0 Å². The molecular weight excluding hydrogens is 777 g/mol. The third-order valence-electron chi connectivity index (χ3n) is 7.28. The van der Waals surface area contributed by atoms with Crippen molar-refractivity contribution in [2.45, 2.75) is 101 Å². The van der Waals surface area contributed by atoms with Crippen molar-refractivity contribution in [3.8, 4) is 0 Å². The molecule has 23 nitrogen and oxygen atoms in total. The summed E-state index contributed by atoms with van der Waals surface area (Å²) in [4.78, 5) is 135. The number of aliphatic carboxylic acids is 4. The Morgan fingerprint density at radius 3 is 1.25 bits per heavy atom. The first kappa shape index (κ1) is 49.8. The van der Waals surface area contributed by atoms with Crippen LogP contribution in [0.4, 0.5) is 0 Å². The lowest BCUT2D eigenvalue weighted by Gasteiger charge is -2.27. The van der Waals surface area contributed by atoms with Gasteiger partial charge in [-0.1, -0.05) is 13.8 Å². The number of nitrogens with one attached hydrogen (secondary N) is 6. The first-order valence-corrected chi connectivity index (χ1v) is 17.7. The Morgan fingerprint density at radius 1 is 0.509 bits per heavy atom. The minimum absolute atomic E-state index is 0.00790. The smallest absolute Gasteiger partial charge is 0.327 e. The molecule has 0 aliphatic heterocycles. The molecule has 14 N–H and O–H groups in total. The third kappa shape index (κ3) is 20.2. The normalized spacial score (nSPS) is 14.7. The third-order valence-corrected chi connectivity index (χ3v) is 8.01. The van der Waals surface area contributed by atoms with E-state index in [4.69, 9.17) is 11.5 Å². The van der Waals surface area contributed by atoms with Crippen molar-refractivity contribution in [2.24, 2.45) is 17.4 Å². The van der Waals surface area contributed by atoms with E-state index >= 15 is 0 Å². The molecule has 0 aliphatic rings. The molecule has 0 fully saturated rings. The quantitative estimate of drug-likeness (QED) is 0.0346. The Balaban J connectivity index is 6.23. The Labute approximate surface area is 325 Å². The van der Waals surface area contributed by atoms with Crippen LogP contribution in [0, 0.1) is 5.92 Å². The molecule has 55 heavy (non-hydrogen) atoms. The maximum atomic E-state index is 13.4. The average Bonchev–Trinajstić information content (AvgIpc) is 3.07. The second-order valence-corrected chi connectivity index (χ2v) is 13.2. The van der Waals surface area contributed by atoms with E-state index in [2.05, 4.69) is 51.8 Å². The van der Waals surface area contributed by atoms with Crippen LogP contribution in [-0.4, -0.2) is 139 Å². The molecule has 0 saturated heterocycles. The molecule has 0 saturated carbocycles. The molecule has 0 aromatic carbocycles. The molecule has 0 bridgehead atoms. The molecule has 0 radical (unpaired) electrons. The number of carbonyl (C=O) groups is 11. The van der Waals surface area contributed by atoms with Gasteiger partial charge in [0, 0.05) is 24.3 Å². The molecule has 7 atom stereocenters. The summed E-state index contributed by atoms with van der Waals surface area (Å²) in [6.07, 6.45) is -4.28. The highest BCUT2D eigenvalue weighted by atomic mass is 32.1. The Morgan fingerprint density at radius 2 is 0.873 bits per heavy atom. The summed E-state index contributed by atoms with van der Waals surface area (Å²) in [5.74, 6) is -14.5. The average molecular weight is 825 g/mol. The van der Waals surface area contributed by atoms with E-state index in [0.29, 0.717) is 0 Å². The molecule has 0 aromatic heterocycles. The highest BCUT2D eigenvalue weighted by Crippen LogP contribution is 2.09. The van der Waals surface area contributed by atoms with Crippen molar-refractivity contribution in [3.05, 3.63) is 0 Å². The van der Waals surface area contributed by atoms with Crippen molar-refractivity contribution in [1.29, 1.82) is 0 Å². The monoisotopic (exact) mass is 824 g/mol. The second kappa shape index (κ2) is 25.0. The Hall–Kier alpha value is -5.17. The van der Waals surface area contributed by atoms with Gasteiger partial charge in [0.25, 0.3) is 0 Å². The van der Waals surface area contributed by atoms with Crippen molar-refractivity contribution < 1.29 is 73.2 Å². The van der Waals surface area contributed by atoms with Gasteiger partial charge >= 0.3 is 23.9 Å². The maximum Gasteiger partial charge on any atom is 0.327 e. The van der Waals surface area contributed by atoms with E-state index in [1.807, 2.05) is 5.32 Å². The van der Waals surface area contributed by atoms with Gasteiger partial charge in [-0.2, -0.15) is 25.3 Å². The largest absolute Gasteiger partial charge is 0.481 e. The van der Waals surface area contributed by atoms with Crippen molar-refractivity contribution >= 4 is 90.5 Å². The first-order valence-electron chi connectivity index (χ1n) is 16.5. The summed E-state index contributed by atoms with van der Waals surface area (Å²) < 4.78 is 0. The second-order valence-electron chi connectivity index (χ2n) is 12.4. The predicted molar refractivity (Wildman–Crippen MR) is 194 cm³/mol. The number of primary amides is 1. The zero-order chi connectivity index (χ0) is 42.6. The van der Waals surface area contributed by atoms with Crippen LogP contribution in [0.5, 0.6) is 0 Å². The minimum Gasteiger partial charge on any atom is -0.481 e. The van der Waals surface area contributed by atoms with Gasteiger partial charge in [0.15, 0.2) is 0 Å². The fourth-order valence-electron chi connectivity index (χ4n) is 4.49. The summed E-state index contributed by atoms with van der Waals surface area (Å²) in [6, 6.07) is -11.3. The molecule has 0 aliphatic carbocycles. The van der Waals surface area contributed by atoms with E-state index in [-0.39, 0.29) is 18.1 Å². The van der Waals surface area contributed by atoms with Gasteiger partial charge in [0.2, 0.25) is 41.4 Å². The van der Waals surface area contributed by atoms with Gasteiger partial charge in [-0.05, 0) is 25.2 Å². The summed E-state index contributed by atoms with van der Waals surface area (Å²) >= 11 is 7.91. The molecule has 0 aromatic rings. The van der Waals surface area contributed by atoms with E-state index in [9.17, 15) is 73.2 Å². The number of amides is 7. The summed E-state index contributed by atoms with van der Waals surface area (Å²) in [5.41, 5.74) is 10.5. The van der Waals surface area contributed by atoms with Gasteiger partial charge in [-0.25, -0.2) is 4.79 Å². The topological polar surface area (TPSA) is 393 Å². The van der Waals surface area contributed by atoms with Gasteiger partial charge in [0.05, 0.1) is 18.9 Å². The number of hydrogen-bond donors (Lipinski definition) is 14. The van der Waals surface area contributed by atoms with Gasteiger partial charge in [0.1, 0.15) is 36.3 Å². The highest BCUT2D eigenvalue weighted by Gasteiger charge is 2.34. The molecule has 0 unspecified atom stereocenters. The van der Waals surface area contributed by atoms with Crippen molar-refractivity contribution in [3.63, 3.8) is 0 Å². The minimum atomic E-state index is -1.89. The summed E-state index contributed by atoms with van der Waals surface area (Å²) in [6.45, 7) is 3.39. The zero-order valence-electron chi connectivity index (χ0n) is 29.8. The number of carboxylic acids is 4. The van der Waals surface area contributed by atoms with E-state index < -0.39 is 152 Å². The lowest BCUT2D eigenvalue weighted by atomic mass is 10.0. The molecule has 25 heteroatoms. The van der Waals surface area contributed by atoms with Crippen LogP contribution in [0.3, 0.4) is 0 Å². The Kier molecular flexibility index (Phi) is 22.7. The molecule has 0 heterocycles. The summed E-state index contributed by atoms with van der Waals surface area (Å²) in [7, 11) is 0. The van der Waals surface area contributed by atoms with Crippen LogP contribution in [0.15, 0.2) is 0 Å². The number of carbonyl (C=O) groups excluding carboxylic acids is 7. The number of rotatable bonds is 27. The predicted octanol–water partition coefficient (Wildman–Crippen LogP) is -4.71. The first-order chi connectivity index (χ1) is 25.5. The Bertz CT molecular complexity index is 1450. The van der Waals surface area contributed by atoms with Crippen molar-refractivity contribution in [2.75, 3.05) is 11.5 Å². The lowest BCUT2D eigenvalue weighted by molar-refractivity contribution is -0.142. The van der Waals surface area contributed by atoms with Gasteiger partial charge in [-0.3, -0.25) is 47.9 Å². The fraction of sp³-hybridized carbons (Fsp3) is 0.633. The van der Waals surface area contributed by atoms with Crippen LogP contribution >= 0.6 is 25.3 Å². The van der Waals surface area contributed by atoms with E-state index in [1.165, 1.54) is 0 Å². The number of nitrogens with two attached hydrogens (primary N) is 2. The standard InChI is InChI=1S/C30H48N8O15S2/c1-12(2)7-16(27(49)38-19(11-55)30(52)53)36-25(47)14(3-5-21(40)41)34-29(51)18(10-54)37-26(48)15(4-6-22(42)43)33-28(50)17(9-23(44)45)35-24(46)13(31)8-20(32)39/h12-19,54-55H,3-11,31H2,1-2H3,(H2,32,39)(H,33,50)(H,34,51)(H,35,46)(H,36,47)(H,37,48)(H,38,49)(H,40,41)(H,42,43)(H,44,45)(H,52,53)/t13-,14-,15-,16-,17-,18-,19-/m0/s1. The molecular formula is C30H48N8O15S2. The van der Waals surface area contributed by atoms with Crippen LogP contribution in [0.25, 0.3) is 0 Å². The van der Waals surface area contributed by atoms with E-state index in [0.717, 1.165) is 0 Å². The molecule has 310 valence electrons. The van der Waals surface area contributed by atoms with Crippen LogP contribution in [0.1, 0.15) is 58.8 Å². The highest BCUT2D eigenvalue weighted by molar-refractivity contribution is 7.80. The van der Waals surface area contributed by atoms with Crippen LogP contribution in [-0.2, 0) is 52.7 Å². The summed E-state index contributed by atoms with van der Waals surface area (Å²) in [5, 5.41) is 50.2. The lowest BCUT2D eigenvalue weighted by Crippen LogP contribution is -2.60.